The second-order valence-electron chi connectivity index (χ2n) is 10.8. The van der Waals surface area contributed by atoms with E-state index in [-0.39, 0.29) is 17.0 Å². The van der Waals surface area contributed by atoms with Gasteiger partial charge in [-0.3, -0.25) is 19.9 Å². The number of rotatable bonds is 4. The second-order valence-corrected chi connectivity index (χ2v) is 10.8. The van der Waals surface area contributed by atoms with E-state index < -0.39 is 11.2 Å². The quantitative estimate of drug-likeness (QED) is 0.285. The topological polar surface area (TPSA) is 115 Å². The molecule has 0 aliphatic carbocycles. The molecule has 0 radical (unpaired) electrons. The molecule has 0 unspecified atom stereocenters. The number of pyridine rings is 2. The summed E-state index contributed by atoms with van der Waals surface area (Å²) < 4.78 is 16.1. The lowest BCUT2D eigenvalue weighted by atomic mass is 9.95. The number of fused-ring (bicyclic) bond motifs is 2. The predicted molar refractivity (Wildman–Crippen MR) is 146 cm³/mol. The highest BCUT2D eigenvalue weighted by Crippen LogP contribution is 2.35. The van der Waals surface area contributed by atoms with Crippen LogP contribution in [0.15, 0.2) is 42.9 Å². The molecule has 38 heavy (non-hydrogen) atoms. The number of aromatic nitrogens is 6. The predicted octanol–water partition coefficient (Wildman–Crippen LogP) is 5.68. The van der Waals surface area contributed by atoms with Crippen LogP contribution in [0.5, 0.6) is 0 Å². The van der Waals surface area contributed by atoms with Crippen molar-refractivity contribution in [2.24, 2.45) is 5.41 Å². The Balaban J connectivity index is 1.41. The minimum Gasteiger partial charge on any atom is -0.370 e. The lowest BCUT2D eigenvalue weighted by Crippen LogP contribution is -2.29. The summed E-state index contributed by atoms with van der Waals surface area (Å²) in [6.07, 6.45) is 8.17. The number of anilines is 2. The fourth-order valence-electron chi connectivity index (χ4n) is 4.82. The standard InChI is InChI=1S/C28H29FN8O/c1-28(2,3)27(38)32-17-12-16(13-30-14-17)23-22(29)21-19(15-31-23)35-36-25(21)26-33-18-8-7-9-20(24(18)34-26)37-10-5-4-6-11-37/h7-9,12-15H,4-6,10-11H2,1-3H3,(H,32,38)(H,33,34)(H,35,36). The number of nitrogens with one attached hydrogen (secondary N) is 3. The summed E-state index contributed by atoms with van der Waals surface area (Å²) >= 11 is 0. The molecule has 10 heteroatoms. The van der Waals surface area contributed by atoms with Gasteiger partial charge in [-0.05, 0) is 37.5 Å². The number of nitrogens with zero attached hydrogens (tertiary/aromatic N) is 5. The SMILES string of the molecule is CC(C)(C)C(=O)Nc1cncc(-c2ncc3[nH]nc(-c4nc5c(N6CCCCC6)cccc5[nH]4)c3c2F)c1. The van der Waals surface area contributed by atoms with Crippen molar-refractivity contribution in [2.75, 3.05) is 23.3 Å². The summed E-state index contributed by atoms with van der Waals surface area (Å²) in [6.45, 7) is 7.47. The Labute approximate surface area is 218 Å². The average Bonchev–Trinajstić information content (AvgIpc) is 3.54. The Morgan fingerprint density at radius 3 is 2.66 bits per heavy atom. The van der Waals surface area contributed by atoms with E-state index >= 15 is 4.39 Å². The van der Waals surface area contributed by atoms with Crippen LogP contribution < -0.4 is 10.2 Å². The van der Waals surface area contributed by atoms with Crippen LogP contribution in [-0.2, 0) is 4.79 Å². The summed E-state index contributed by atoms with van der Waals surface area (Å²) in [7, 11) is 0. The van der Waals surface area contributed by atoms with Gasteiger partial charge in [0.1, 0.15) is 16.9 Å². The van der Waals surface area contributed by atoms with Gasteiger partial charge in [0.2, 0.25) is 5.91 Å². The Bertz CT molecular complexity index is 1660. The monoisotopic (exact) mass is 512 g/mol. The third-order valence-corrected chi connectivity index (χ3v) is 6.91. The van der Waals surface area contributed by atoms with Gasteiger partial charge in [0.05, 0.1) is 40.2 Å². The molecule has 5 aromatic rings. The molecule has 0 atom stereocenters. The Morgan fingerprint density at radius 2 is 1.87 bits per heavy atom. The van der Waals surface area contributed by atoms with E-state index in [4.69, 9.17) is 4.98 Å². The maximum atomic E-state index is 16.1. The molecule has 194 valence electrons. The van der Waals surface area contributed by atoms with Crippen molar-refractivity contribution in [1.82, 2.24) is 30.1 Å². The molecule has 0 bridgehead atoms. The average molecular weight is 513 g/mol. The van der Waals surface area contributed by atoms with Crippen molar-refractivity contribution in [2.45, 2.75) is 40.0 Å². The summed E-state index contributed by atoms with van der Waals surface area (Å²) in [5.74, 6) is -0.216. The highest BCUT2D eigenvalue weighted by Gasteiger charge is 2.24. The zero-order chi connectivity index (χ0) is 26.4. The van der Waals surface area contributed by atoms with Gasteiger partial charge in [-0.15, -0.1) is 0 Å². The molecule has 1 saturated heterocycles. The molecule has 6 rings (SSSR count). The molecule has 1 fully saturated rings. The summed E-state index contributed by atoms with van der Waals surface area (Å²) in [4.78, 5) is 31.5. The highest BCUT2D eigenvalue weighted by molar-refractivity contribution is 5.98. The van der Waals surface area contributed by atoms with Gasteiger partial charge in [-0.25, -0.2) is 9.37 Å². The largest absolute Gasteiger partial charge is 0.370 e. The van der Waals surface area contributed by atoms with Crippen LogP contribution in [0.3, 0.4) is 0 Å². The number of H-pyrrole nitrogens is 2. The number of benzene rings is 1. The molecular formula is C28H29FN8O. The van der Waals surface area contributed by atoms with Gasteiger partial charge in [0, 0.05) is 30.3 Å². The first-order chi connectivity index (χ1) is 18.3. The maximum absolute atomic E-state index is 16.1. The first-order valence-electron chi connectivity index (χ1n) is 12.8. The van der Waals surface area contributed by atoms with Gasteiger partial charge in [-0.1, -0.05) is 26.8 Å². The molecule has 0 saturated carbocycles. The Hall–Kier alpha value is -4.34. The van der Waals surface area contributed by atoms with Gasteiger partial charge in [-0.2, -0.15) is 5.10 Å². The Kier molecular flexibility index (Phi) is 5.81. The van der Waals surface area contributed by atoms with E-state index in [1.54, 1.807) is 12.3 Å². The van der Waals surface area contributed by atoms with Crippen LogP contribution in [0.1, 0.15) is 40.0 Å². The summed E-state index contributed by atoms with van der Waals surface area (Å²) in [5.41, 5.74) is 4.10. The number of carbonyl (C=O) groups excluding carboxylic acids is 1. The van der Waals surface area contributed by atoms with Crippen LogP contribution in [-0.4, -0.2) is 49.1 Å². The molecule has 1 aliphatic heterocycles. The van der Waals surface area contributed by atoms with E-state index in [1.807, 2.05) is 32.9 Å². The molecule has 1 aliphatic rings. The van der Waals surface area contributed by atoms with Crippen molar-refractivity contribution in [3.63, 3.8) is 0 Å². The fourth-order valence-corrected chi connectivity index (χ4v) is 4.82. The number of hydrogen-bond acceptors (Lipinski definition) is 6. The van der Waals surface area contributed by atoms with E-state index in [2.05, 4.69) is 41.4 Å². The second kappa shape index (κ2) is 9.20. The summed E-state index contributed by atoms with van der Waals surface area (Å²) in [6, 6.07) is 7.74. The fraction of sp³-hybridized carbons (Fsp3) is 0.321. The third-order valence-electron chi connectivity index (χ3n) is 6.91. The van der Waals surface area contributed by atoms with Crippen LogP contribution in [0.2, 0.25) is 0 Å². The highest BCUT2D eigenvalue weighted by atomic mass is 19.1. The first-order valence-corrected chi connectivity index (χ1v) is 12.8. The van der Waals surface area contributed by atoms with E-state index in [0.29, 0.717) is 28.3 Å². The number of para-hydroxylation sites is 1. The molecule has 9 nitrogen and oxygen atoms in total. The molecular weight excluding hydrogens is 483 g/mol. The zero-order valence-electron chi connectivity index (χ0n) is 21.6. The summed E-state index contributed by atoms with van der Waals surface area (Å²) in [5, 5.41) is 10.4. The number of hydrogen-bond donors (Lipinski definition) is 3. The molecule has 3 N–H and O–H groups in total. The molecule has 1 aromatic carbocycles. The number of aromatic amines is 2. The Morgan fingerprint density at radius 1 is 1.05 bits per heavy atom. The van der Waals surface area contributed by atoms with E-state index in [0.717, 1.165) is 42.7 Å². The van der Waals surface area contributed by atoms with Gasteiger partial charge < -0.3 is 15.2 Å². The number of amides is 1. The number of halogens is 1. The van der Waals surface area contributed by atoms with Gasteiger partial charge in [0.15, 0.2) is 11.6 Å². The normalized spacial score (nSPS) is 14.4. The first kappa shape index (κ1) is 24.0. The van der Waals surface area contributed by atoms with E-state index in [9.17, 15) is 4.79 Å². The lowest BCUT2D eigenvalue weighted by Gasteiger charge is -2.28. The third kappa shape index (κ3) is 4.25. The number of piperidine rings is 1. The van der Waals surface area contributed by atoms with Crippen LogP contribution in [0.4, 0.5) is 15.8 Å². The van der Waals surface area contributed by atoms with E-state index in [1.165, 1.54) is 18.8 Å². The van der Waals surface area contributed by atoms with Crippen LogP contribution in [0, 0.1) is 11.2 Å². The molecule has 1 amide bonds. The minimum absolute atomic E-state index is 0.115. The maximum Gasteiger partial charge on any atom is 0.229 e. The minimum atomic E-state index is -0.579. The van der Waals surface area contributed by atoms with Gasteiger partial charge >= 0.3 is 0 Å². The van der Waals surface area contributed by atoms with Crippen molar-refractivity contribution in [3.8, 4) is 22.8 Å². The van der Waals surface area contributed by atoms with Crippen molar-refractivity contribution >= 4 is 39.2 Å². The van der Waals surface area contributed by atoms with Crippen LogP contribution in [0.25, 0.3) is 44.7 Å². The molecule has 5 heterocycles. The zero-order valence-corrected chi connectivity index (χ0v) is 21.6. The smallest absolute Gasteiger partial charge is 0.229 e. The van der Waals surface area contributed by atoms with Crippen molar-refractivity contribution in [1.29, 1.82) is 0 Å². The van der Waals surface area contributed by atoms with Gasteiger partial charge in [0.25, 0.3) is 0 Å². The van der Waals surface area contributed by atoms with Crippen molar-refractivity contribution < 1.29 is 9.18 Å². The molecule has 4 aromatic heterocycles. The lowest BCUT2D eigenvalue weighted by molar-refractivity contribution is -0.123. The number of carbonyl (C=O) groups is 1. The van der Waals surface area contributed by atoms with Crippen molar-refractivity contribution in [3.05, 3.63) is 48.7 Å². The van der Waals surface area contributed by atoms with Crippen LogP contribution >= 0.6 is 0 Å². The number of imidazole rings is 1. The molecule has 0 spiro atoms.